The predicted octanol–water partition coefficient (Wildman–Crippen LogP) is 3.02. The summed E-state index contributed by atoms with van der Waals surface area (Å²) in [5.74, 6) is -2.45. The molecule has 0 aliphatic heterocycles. The molecule has 1 aromatic heterocycles. The number of nitrogens with zero attached hydrogens (tertiary/aromatic N) is 1. The molecule has 0 fully saturated rings. The molecule has 0 unspecified atom stereocenters. The zero-order valence-corrected chi connectivity index (χ0v) is 14.3. The van der Waals surface area contributed by atoms with Gasteiger partial charge in [-0.05, 0) is 30.7 Å². The highest BCUT2D eigenvalue weighted by Crippen LogP contribution is 2.25. The third-order valence-electron chi connectivity index (χ3n) is 3.72. The Hall–Kier alpha value is -3.20. The molecule has 0 atom stereocenters. The monoisotopic (exact) mass is 375 g/mol. The van der Waals surface area contributed by atoms with Gasteiger partial charge in [-0.1, -0.05) is 24.3 Å². The number of nitrogens with one attached hydrogen (secondary N) is 2. The zero-order chi connectivity index (χ0) is 18.9. The number of hydrogen-bond donors (Lipinski definition) is 3. The van der Waals surface area contributed by atoms with Crippen molar-refractivity contribution < 1.29 is 22.7 Å². The second-order valence-electron chi connectivity index (χ2n) is 5.54. The molecule has 0 bridgehead atoms. The van der Waals surface area contributed by atoms with Gasteiger partial charge in [0.15, 0.2) is 5.82 Å². The highest BCUT2D eigenvalue weighted by Gasteiger charge is 2.22. The van der Waals surface area contributed by atoms with Crippen LogP contribution in [-0.4, -0.2) is 29.7 Å². The van der Waals surface area contributed by atoms with Crippen LogP contribution in [0.25, 0.3) is 11.3 Å². The van der Waals surface area contributed by atoms with Gasteiger partial charge in [0.05, 0.1) is 11.3 Å². The third kappa shape index (κ3) is 3.42. The first kappa shape index (κ1) is 17.6. The van der Waals surface area contributed by atoms with Crippen molar-refractivity contribution >= 4 is 21.8 Å². The first-order valence-corrected chi connectivity index (χ1v) is 8.93. The minimum atomic E-state index is -4.35. The molecule has 0 aliphatic carbocycles. The number of halogens is 1. The van der Waals surface area contributed by atoms with E-state index >= 15 is 0 Å². The highest BCUT2D eigenvalue weighted by molar-refractivity contribution is 7.92. The number of hydrogen-bond acceptors (Lipinski definition) is 4. The SMILES string of the molecule is Cc1ccccc1-c1cc(NS(=O)(=O)c2cc(C(=O)O)ccc2F)n[nH]1. The summed E-state index contributed by atoms with van der Waals surface area (Å²) in [7, 11) is -4.35. The molecule has 1 heterocycles. The molecular weight excluding hydrogens is 361 g/mol. The second kappa shape index (κ2) is 6.60. The Kier molecular flexibility index (Phi) is 4.47. The van der Waals surface area contributed by atoms with E-state index < -0.39 is 26.7 Å². The van der Waals surface area contributed by atoms with Crippen LogP contribution in [0.1, 0.15) is 15.9 Å². The van der Waals surface area contributed by atoms with E-state index in [0.29, 0.717) is 5.69 Å². The van der Waals surface area contributed by atoms with Crippen LogP contribution < -0.4 is 4.72 Å². The summed E-state index contributed by atoms with van der Waals surface area (Å²) in [6, 6.07) is 11.5. The standard InChI is InChI=1S/C17H14FN3O4S/c1-10-4-2-3-5-12(10)14-9-16(20-19-14)21-26(24,25)15-8-11(17(22)23)6-7-13(15)18/h2-9H,1H3,(H,22,23)(H2,19,20,21). The van der Waals surface area contributed by atoms with E-state index in [0.717, 1.165) is 29.3 Å². The van der Waals surface area contributed by atoms with Crippen molar-refractivity contribution in [1.29, 1.82) is 0 Å². The molecule has 0 spiro atoms. The Morgan fingerprint density at radius 2 is 1.92 bits per heavy atom. The molecule has 0 aliphatic rings. The molecule has 0 radical (unpaired) electrons. The first-order chi connectivity index (χ1) is 12.3. The average Bonchev–Trinajstić information content (AvgIpc) is 3.02. The number of aromatic amines is 1. The van der Waals surface area contributed by atoms with Gasteiger partial charge in [0.1, 0.15) is 10.7 Å². The number of sulfonamides is 1. The minimum Gasteiger partial charge on any atom is -0.478 e. The molecule has 0 saturated carbocycles. The number of carbonyl (C=O) groups is 1. The van der Waals surface area contributed by atoms with Crippen LogP contribution in [0.4, 0.5) is 10.2 Å². The van der Waals surface area contributed by atoms with E-state index in [9.17, 15) is 17.6 Å². The number of carboxylic acids is 1. The van der Waals surface area contributed by atoms with E-state index in [1.165, 1.54) is 6.07 Å². The molecule has 0 saturated heterocycles. The van der Waals surface area contributed by atoms with E-state index in [1.54, 1.807) is 0 Å². The summed E-state index contributed by atoms with van der Waals surface area (Å²) in [5.41, 5.74) is 2.05. The second-order valence-corrected chi connectivity index (χ2v) is 7.19. The molecule has 7 nitrogen and oxygen atoms in total. The minimum absolute atomic E-state index is 0.0385. The van der Waals surface area contributed by atoms with Gasteiger partial charge in [-0.25, -0.2) is 17.6 Å². The van der Waals surface area contributed by atoms with Crippen LogP contribution in [0.15, 0.2) is 53.4 Å². The average molecular weight is 375 g/mol. The van der Waals surface area contributed by atoms with Gasteiger partial charge in [-0.15, -0.1) is 0 Å². The van der Waals surface area contributed by atoms with Crippen molar-refractivity contribution in [3.63, 3.8) is 0 Å². The largest absolute Gasteiger partial charge is 0.478 e. The Labute approximate surface area is 148 Å². The first-order valence-electron chi connectivity index (χ1n) is 7.45. The lowest BCUT2D eigenvalue weighted by atomic mass is 10.1. The van der Waals surface area contributed by atoms with Gasteiger partial charge >= 0.3 is 5.97 Å². The summed E-state index contributed by atoms with van der Waals surface area (Å²) in [5, 5.41) is 15.5. The Morgan fingerprint density at radius 3 is 2.62 bits per heavy atom. The van der Waals surface area contributed by atoms with Crippen molar-refractivity contribution in [2.75, 3.05) is 4.72 Å². The molecule has 3 aromatic rings. The number of anilines is 1. The van der Waals surface area contributed by atoms with Crippen molar-refractivity contribution in [3.8, 4) is 11.3 Å². The summed E-state index contributed by atoms with van der Waals surface area (Å²) in [6.07, 6.45) is 0. The summed E-state index contributed by atoms with van der Waals surface area (Å²) >= 11 is 0. The number of benzene rings is 2. The van der Waals surface area contributed by atoms with Crippen LogP contribution in [0.3, 0.4) is 0 Å². The van der Waals surface area contributed by atoms with Crippen molar-refractivity contribution in [2.45, 2.75) is 11.8 Å². The molecule has 2 aromatic carbocycles. The van der Waals surface area contributed by atoms with Crippen LogP contribution in [0.5, 0.6) is 0 Å². The number of H-pyrrole nitrogens is 1. The quantitative estimate of drug-likeness (QED) is 0.635. The fraction of sp³-hybridized carbons (Fsp3) is 0.0588. The summed E-state index contributed by atoms with van der Waals surface area (Å²) < 4.78 is 40.9. The van der Waals surface area contributed by atoms with Gasteiger partial charge in [0.2, 0.25) is 0 Å². The molecular formula is C17H14FN3O4S. The predicted molar refractivity (Wildman–Crippen MR) is 92.9 cm³/mol. The van der Waals surface area contributed by atoms with Gasteiger partial charge in [-0.2, -0.15) is 5.10 Å². The number of rotatable bonds is 5. The van der Waals surface area contributed by atoms with Crippen LogP contribution in [0.2, 0.25) is 0 Å². The fourth-order valence-corrected chi connectivity index (χ4v) is 3.52. The summed E-state index contributed by atoms with van der Waals surface area (Å²) in [4.78, 5) is 10.2. The Balaban J connectivity index is 1.93. The Morgan fingerprint density at radius 1 is 1.19 bits per heavy atom. The van der Waals surface area contributed by atoms with Gasteiger partial charge in [-0.3, -0.25) is 9.82 Å². The van der Waals surface area contributed by atoms with Crippen LogP contribution in [-0.2, 0) is 10.0 Å². The fourth-order valence-electron chi connectivity index (χ4n) is 2.42. The number of aromatic nitrogens is 2. The van der Waals surface area contributed by atoms with Crippen LogP contribution >= 0.6 is 0 Å². The van der Waals surface area contributed by atoms with Crippen molar-refractivity contribution in [2.24, 2.45) is 0 Å². The number of aromatic carboxylic acids is 1. The molecule has 3 rings (SSSR count). The van der Waals surface area contributed by atoms with Gasteiger partial charge in [0, 0.05) is 11.6 Å². The summed E-state index contributed by atoms with van der Waals surface area (Å²) in [6.45, 7) is 1.90. The number of aryl methyl sites for hydroxylation is 1. The normalized spacial score (nSPS) is 11.3. The molecule has 26 heavy (non-hydrogen) atoms. The topological polar surface area (TPSA) is 112 Å². The van der Waals surface area contributed by atoms with Gasteiger partial charge < -0.3 is 5.11 Å². The van der Waals surface area contributed by atoms with Crippen molar-refractivity contribution in [3.05, 3.63) is 65.5 Å². The van der Waals surface area contributed by atoms with E-state index in [1.807, 2.05) is 31.2 Å². The van der Waals surface area contributed by atoms with E-state index in [4.69, 9.17) is 5.11 Å². The van der Waals surface area contributed by atoms with E-state index in [2.05, 4.69) is 14.9 Å². The third-order valence-corrected chi connectivity index (χ3v) is 5.09. The molecule has 134 valence electrons. The lowest BCUT2D eigenvalue weighted by molar-refractivity contribution is 0.0696. The van der Waals surface area contributed by atoms with Crippen molar-refractivity contribution in [1.82, 2.24) is 10.2 Å². The van der Waals surface area contributed by atoms with Gasteiger partial charge in [0.25, 0.3) is 10.0 Å². The maximum Gasteiger partial charge on any atom is 0.335 e. The smallest absolute Gasteiger partial charge is 0.335 e. The molecule has 9 heteroatoms. The Bertz CT molecular complexity index is 1090. The molecule has 3 N–H and O–H groups in total. The molecule has 0 amide bonds. The maximum atomic E-state index is 13.9. The zero-order valence-electron chi connectivity index (χ0n) is 13.5. The maximum absolute atomic E-state index is 13.9. The lowest BCUT2D eigenvalue weighted by Gasteiger charge is -2.07. The van der Waals surface area contributed by atoms with E-state index in [-0.39, 0.29) is 11.4 Å². The number of carboxylic acid groups (broad SMARTS) is 1. The van der Waals surface area contributed by atoms with Crippen LogP contribution in [0, 0.1) is 12.7 Å². The highest BCUT2D eigenvalue weighted by atomic mass is 32.2. The lowest BCUT2D eigenvalue weighted by Crippen LogP contribution is -2.15.